The molecule has 1 aliphatic heterocycles. The number of piperidine rings is 1. The maximum Gasteiger partial charge on any atom is 0.120 e. The fourth-order valence-electron chi connectivity index (χ4n) is 2.09. The molecule has 1 saturated heterocycles. The molecule has 0 aliphatic carbocycles. The highest BCUT2D eigenvalue weighted by Crippen LogP contribution is 2.22. The van der Waals surface area contributed by atoms with E-state index in [2.05, 4.69) is 18.5 Å². The van der Waals surface area contributed by atoms with Crippen molar-refractivity contribution in [2.24, 2.45) is 0 Å². The van der Waals surface area contributed by atoms with Crippen molar-refractivity contribution in [2.45, 2.75) is 18.9 Å². The Balaban J connectivity index is 2.10. The highest BCUT2D eigenvalue weighted by Gasteiger charge is 2.14. The Morgan fingerprint density at radius 3 is 2.47 bits per heavy atom. The van der Waals surface area contributed by atoms with Crippen molar-refractivity contribution in [3.8, 4) is 5.75 Å². The summed E-state index contributed by atoms with van der Waals surface area (Å²) in [5, 5.41) is 3.33. The summed E-state index contributed by atoms with van der Waals surface area (Å²) in [5.41, 5.74) is 2.17. The molecular weight excluding hydrogens is 210 g/mol. The normalized spacial score (nSPS) is 16.5. The van der Waals surface area contributed by atoms with Gasteiger partial charge in [-0.05, 0) is 49.2 Å². The molecule has 2 nitrogen and oxygen atoms in total. The first kappa shape index (κ1) is 11.9. The standard InChI is InChI=1S/C15H19NO/c1-3-12-5-6-15(11-13(12)4-2)17-14-7-9-16-10-8-14/h3-6,11,14,16H,1-2,7-10H2. The number of benzene rings is 1. The van der Waals surface area contributed by atoms with Crippen molar-refractivity contribution in [3.05, 3.63) is 42.5 Å². The van der Waals surface area contributed by atoms with E-state index in [1.807, 2.05) is 30.4 Å². The Morgan fingerprint density at radius 1 is 1.12 bits per heavy atom. The molecule has 1 aromatic rings. The molecule has 2 heteroatoms. The Bertz CT molecular complexity index is 405. The molecule has 1 aromatic carbocycles. The van der Waals surface area contributed by atoms with E-state index in [0.29, 0.717) is 6.10 Å². The van der Waals surface area contributed by atoms with Crippen molar-refractivity contribution in [1.29, 1.82) is 0 Å². The largest absolute Gasteiger partial charge is 0.490 e. The number of ether oxygens (including phenoxy) is 1. The minimum atomic E-state index is 0.337. The van der Waals surface area contributed by atoms with Gasteiger partial charge in [0.25, 0.3) is 0 Å². The zero-order chi connectivity index (χ0) is 12.1. The molecule has 0 bridgehead atoms. The van der Waals surface area contributed by atoms with Gasteiger partial charge in [0.15, 0.2) is 0 Å². The summed E-state index contributed by atoms with van der Waals surface area (Å²) in [6, 6.07) is 6.07. The van der Waals surface area contributed by atoms with Gasteiger partial charge < -0.3 is 10.1 Å². The van der Waals surface area contributed by atoms with Gasteiger partial charge >= 0.3 is 0 Å². The monoisotopic (exact) mass is 229 g/mol. The lowest BCUT2D eigenvalue weighted by atomic mass is 10.1. The lowest BCUT2D eigenvalue weighted by Gasteiger charge is -2.24. The topological polar surface area (TPSA) is 21.3 Å². The van der Waals surface area contributed by atoms with Gasteiger partial charge in [0.1, 0.15) is 11.9 Å². The average Bonchev–Trinajstić information content (AvgIpc) is 2.40. The van der Waals surface area contributed by atoms with Crippen LogP contribution in [-0.4, -0.2) is 19.2 Å². The van der Waals surface area contributed by atoms with Gasteiger partial charge in [-0.15, -0.1) is 0 Å². The van der Waals surface area contributed by atoms with E-state index >= 15 is 0 Å². The molecule has 17 heavy (non-hydrogen) atoms. The van der Waals surface area contributed by atoms with Gasteiger partial charge in [-0.3, -0.25) is 0 Å². The molecular formula is C15H19NO. The molecule has 1 N–H and O–H groups in total. The number of rotatable bonds is 4. The zero-order valence-electron chi connectivity index (χ0n) is 10.1. The van der Waals surface area contributed by atoms with Crippen LogP contribution in [0.25, 0.3) is 12.2 Å². The van der Waals surface area contributed by atoms with Crippen molar-refractivity contribution < 1.29 is 4.74 Å². The molecule has 0 atom stereocenters. The van der Waals surface area contributed by atoms with Gasteiger partial charge in [-0.25, -0.2) is 0 Å². The van der Waals surface area contributed by atoms with Crippen LogP contribution in [-0.2, 0) is 0 Å². The smallest absolute Gasteiger partial charge is 0.120 e. The second kappa shape index (κ2) is 5.69. The SMILES string of the molecule is C=Cc1ccc(OC2CCNCC2)cc1C=C. The first-order valence-corrected chi connectivity index (χ1v) is 6.10. The maximum absolute atomic E-state index is 5.98. The second-order valence-electron chi connectivity index (χ2n) is 4.27. The third kappa shape index (κ3) is 2.98. The predicted octanol–water partition coefficient (Wildman–Crippen LogP) is 3.10. The molecule has 1 fully saturated rings. The predicted molar refractivity (Wildman–Crippen MR) is 73.1 cm³/mol. The van der Waals surface area contributed by atoms with E-state index in [-0.39, 0.29) is 0 Å². The van der Waals surface area contributed by atoms with Gasteiger partial charge in [0, 0.05) is 0 Å². The highest BCUT2D eigenvalue weighted by atomic mass is 16.5. The van der Waals surface area contributed by atoms with Crippen molar-refractivity contribution in [2.75, 3.05) is 13.1 Å². The molecule has 0 radical (unpaired) electrons. The number of hydrogen-bond donors (Lipinski definition) is 1. The minimum absolute atomic E-state index is 0.337. The lowest BCUT2D eigenvalue weighted by molar-refractivity contribution is 0.162. The summed E-state index contributed by atoms with van der Waals surface area (Å²) in [4.78, 5) is 0. The molecule has 1 heterocycles. The fraction of sp³-hybridized carbons (Fsp3) is 0.333. The maximum atomic E-state index is 5.98. The van der Waals surface area contributed by atoms with Gasteiger partial charge in [-0.2, -0.15) is 0 Å². The third-order valence-corrected chi connectivity index (χ3v) is 3.09. The number of nitrogens with one attached hydrogen (secondary N) is 1. The van der Waals surface area contributed by atoms with E-state index in [9.17, 15) is 0 Å². The minimum Gasteiger partial charge on any atom is -0.490 e. The fourth-order valence-corrected chi connectivity index (χ4v) is 2.09. The average molecular weight is 229 g/mol. The molecule has 0 aromatic heterocycles. The summed E-state index contributed by atoms with van der Waals surface area (Å²) in [5.74, 6) is 0.928. The molecule has 0 amide bonds. The molecule has 0 saturated carbocycles. The van der Waals surface area contributed by atoms with Gasteiger partial charge in [0.2, 0.25) is 0 Å². The molecule has 90 valence electrons. The van der Waals surface area contributed by atoms with Gasteiger partial charge in [-0.1, -0.05) is 31.4 Å². The van der Waals surface area contributed by atoms with Crippen LogP contribution in [0, 0.1) is 0 Å². The van der Waals surface area contributed by atoms with Crippen LogP contribution >= 0.6 is 0 Å². The van der Waals surface area contributed by atoms with E-state index in [4.69, 9.17) is 4.74 Å². The summed E-state index contributed by atoms with van der Waals surface area (Å²) in [7, 11) is 0. The quantitative estimate of drug-likeness (QED) is 0.856. The van der Waals surface area contributed by atoms with Crippen LogP contribution in [0.15, 0.2) is 31.4 Å². The zero-order valence-corrected chi connectivity index (χ0v) is 10.1. The van der Waals surface area contributed by atoms with Crippen LogP contribution in [0.5, 0.6) is 5.75 Å². The molecule has 0 spiro atoms. The summed E-state index contributed by atoms with van der Waals surface area (Å²) in [6.07, 6.45) is 6.17. The first-order chi connectivity index (χ1) is 8.33. The highest BCUT2D eigenvalue weighted by molar-refractivity contribution is 5.65. The van der Waals surface area contributed by atoms with Crippen LogP contribution in [0.4, 0.5) is 0 Å². The lowest BCUT2D eigenvalue weighted by Crippen LogP contribution is -2.34. The summed E-state index contributed by atoms with van der Waals surface area (Å²) < 4.78 is 5.98. The Labute approximate surface area is 103 Å². The second-order valence-corrected chi connectivity index (χ2v) is 4.27. The van der Waals surface area contributed by atoms with Crippen molar-refractivity contribution in [1.82, 2.24) is 5.32 Å². The molecule has 0 unspecified atom stereocenters. The van der Waals surface area contributed by atoms with E-state index in [0.717, 1.165) is 42.8 Å². The van der Waals surface area contributed by atoms with Crippen LogP contribution in [0.1, 0.15) is 24.0 Å². The Kier molecular flexibility index (Phi) is 3.99. The van der Waals surface area contributed by atoms with E-state index in [1.54, 1.807) is 0 Å². The molecule has 1 aliphatic rings. The van der Waals surface area contributed by atoms with Crippen LogP contribution in [0.2, 0.25) is 0 Å². The van der Waals surface area contributed by atoms with Crippen LogP contribution in [0.3, 0.4) is 0 Å². The summed E-state index contributed by atoms with van der Waals surface area (Å²) >= 11 is 0. The number of hydrogen-bond acceptors (Lipinski definition) is 2. The van der Waals surface area contributed by atoms with E-state index < -0.39 is 0 Å². The first-order valence-electron chi connectivity index (χ1n) is 6.10. The van der Waals surface area contributed by atoms with Gasteiger partial charge in [0.05, 0.1) is 0 Å². The molecule has 2 rings (SSSR count). The van der Waals surface area contributed by atoms with Crippen LogP contribution < -0.4 is 10.1 Å². The van der Waals surface area contributed by atoms with E-state index in [1.165, 1.54) is 0 Å². The van der Waals surface area contributed by atoms with Crippen molar-refractivity contribution in [3.63, 3.8) is 0 Å². The Hall–Kier alpha value is -1.54. The third-order valence-electron chi connectivity index (χ3n) is 3.09. The van der Waals surface area contributed by atoms with Crippen molar-refractivity contribution >= 4 is 12.2 Å². The Morgan fingerprint density at radius 2 is 1.82 bits per heavy atom. The summed E-state index contributed by atoms with van der Waals surface area (Å²) in [6.45, 7) is 9.69.